The predicted octanol–water partition coefficient (Wildman–Crippen LogP) is 3.74. The monoisotopic (exact) mass is 445 g/mol. The number of carbonyl (C=O) groups excluding carboxylic acids is 3. The molecule has 168 valence electrons. The van der Waals surface area contributed by atoms with Crippen LogP contribution in [0.3, 0.4) is 0 Å². The molecule has 2 fully saturated rings. The van der Waals surface area contributed by atoms with Crippen LogP contribution < -0.4 is 5.32 Å². The number of halogens is 3. The molecule has 0 atom stereocenters. The highest BCUT2D eigenvalue weighted by atomic mass is 19.4. The van der Waals surface area contributed by atoms with Crippen LogP contribution in [0.15, 0.2) is 48.5 Å². The first kappa shape index (κ1) is 21.9. The second kappa shape index (κ2) is 7.96. The summed E-state index contributed by atoms with van der Waals surface area (Å²) < 4.78 is 38.9. The molecule has 0 radical (unpaired) electrons. The zero-order valence-corrected chi connectivity index (χ0v) is 17.4. The molecule has 0 aliphatic carbocycles. The minimum absolute atomic E-state index is 0.0569. The maximum absolute atomic E-state index is 13.1. The van der Waals surface area contributed by atoms with Crippen LogP contribution in [0.25, 0.3) is 0 Å². The summed E-state index contributed by atoms with van der Waals surface area (Å²) in [7, 11) is 0. The highest BCUT2D eigenvalue weighted by molar-refractivity contribution is 6.07. The minimum atomic E-state index is -4.54. The molecule has 0 unspecified atom stereocenters. The maximum atomic E-state index is 13.1. The summed E-state index contributed by atoms with van der Waals surface area (Å²) in [6.45, 7) is 2.40. The number of amides is 4. The molecule has 2 aromatic rings. The molecule has 4 amide bonds. The Bertz CT molecular complexity index is 1060. The number of alkyl halides is 3. The van der Waals surface area contributed by atoms with E-state index in [9.17, 15) is 27.6 Å². The van der Waals surface area contributed by atoms with Crippen molar-refractivity contribution in [3.63, 3.8) is 0 Å². The third-order valence-corrected chi connectivity index (χ3v) is 6.05. The van der Waals surface area contributed by atoms with Crippen molar-refractivity contribution in [2.24, 2.45) is 0 Å². The summed E-state index contributed by atoms with van der Waals surface area (Å²) in [5, 5.41) is 2.78. The second-order valence-electron chi connectivity index (χ2n) is 8.26. The van der Waals surface area contributed by atoms with Gasteiger partial charge in [0, 0.05) is 18.7 Å². The second-order valence-corrected chi connectivity index (χ2v) is 8.26. The van der Waals surface area contributed by atoms with Gasteiger partial charge in [0.15, 0.2) is 0 Å². The third kappa shape index (κ3) is 4.06. The molecule has 0 bridgehead atoms. The van der Waals surface area contributed by atoms with E-state index in [1.165, 1.54) is 21.9 Å². The molecule has 6 nitrogen and oxygen atoms in total. The largest absolute Gasteiger partial charge is 0.416 e. The van der Waals surface area contributed by atoms with Crippen LogP contribution in [0, 0.1) is 6.92 Å². The van der Waals surface area contributed by atoms with E-state index >= 15 is 0 Å². The van der Waals surface area contributed by atoms with E-state index in [-0.39, 0.29) is 43.9 Å². The number of benzene rings is 2. The number of hydrogen-bond donors (Lipinski definition) is 1. The number of nitrogens with one attached hydrogen (secondary N) is 1. The smallest absolute Gasteiger partial charge is 0.338 e. The molecule has 2 aliphatic rings. The predicted molar refractivity (Wildman–Crippen MR) is 110 cm³/mol. The molecule has 9 heteroatoms. The fourth-order valence-electron chi connectivity index (χ4n) is 4.14. The number of imide groups is 1. The van der Waals surface area contributed by atoms with Crippen molar-refractivity contribution < 1.29 is 27.6 Å². The van der Waals surface area contributed by atoms with Crippen molar-refractivity contribution in [1.29, 1.82) is 0 Å². The van der Waals surface area contributed by atoms with Crippen molar-refractivity contribution in [3.8, 4) is 0 Å². The van der Waals surface area contributed by atoms with Crippen LogP contribution in [0.1, 0.15) is 39.9 Å². The van der Waals surface area contributed by atoms with Crippen molar-refractivity contribution in [2.75, 3.05) is 13.1 Å². The van der Waals surface area contributed by atoms with E-state index < -0.39 is 29.2 Å². The molecule has 2 aromatic carbocycles. The summed E-state index contributed by atoms with van der Waals surface area (Å²) >= 11 is 0. The van der Waals surface area contributed by atoms with Gasteiger partial charge in [-0.05, 0) is 43.5 Å². The van der Waals surface area contributed by atoms with Crippen molar-refractivity contribution in [3.05, 3.63) is 70.8 Å². The molecule has 0 aromatic heterocycles. The van der Waals surface area contributed by atoms with E-state index in [4.69, 9.17) is 0 Å². The molecular weight excluding hydrogens is 423 g/mol. The number of nitrogens with zero attached hydrogens (tertiary/aromatic N) is 2. The first-order chi connectivity index (χ1) is 15.1. The number of hydrogen-bond acceptors (Lipinski definition) is 3. The van der Waals surface area contributed by atoms with Crippen LogP contribution in [0.2, 0.25) is 0 Å². The summed E-state index contributed by atoms with van der Waals surface area (Å²) in [5.74, 6) is -0.867. The van der Waals surface area contributed by atoms with Gasteiger partial charge in [0.25, 0.3) is 11.8 Å². The van der Waals surface area contributed by atoms with Crippen LogP contribution in [0.4, 0.5) is 18.0 Å². The number of urea groups is 1. The highest BCUT2D eigenvalue weighted by Crippen LogP contribution is 2.32. The normalized spacial score (nSPS) is 18.2. The van der Waals surface area contributed by atoms with Gasteiger partial charge in [-0.3, -0.25) is 14.5 Å². The summed E-state index contributed by atoms with van der Waals surface area (Å²) in [6, 6.07) is 11.3. The SMILES string of the molecule is Cc1ccc(CN2C(=O)NC3(CCN(C(=O)c4cccc(C(F)(F)F)c4)CC3)C2=O)cc1. The minimum Gasteiger partial charge on any atom is -0.338 e. The van der Waals surface area contributed by atoms with Gasteiger partial charge in [-0.15, -0.1) is 0 Å². The first-order valence-corrected chi connectivity index (χ1v) is 10.3. The lowest BCUT2D eigenvalue weighted by Crippen LogP contribution is -2.55. The lowest BCUT2D eigenvalue weighted by atomic mass is 9.87. The third-order valence-electron chi connectivity index (χ3n) is 6.05. The standard InChI is InChI=1S/C23H22F3N3O3/c1-15-5-7-16(8-6-15)14-29-20(31)22(27-21(29)32)9-11-28(12-10-22)19(30)17-3-2-4-18(13-17)23(24,25)26/h2-8,13H,9-12,14H2,1H3,(H,27,32). The van der Waals surface area contributed by atoms with Crippen LogP contribution in [-0.4, -0.2) is 46.3 Å². The zero-order chi connectivity index (χ0) is 23.1. The summed E-state index contributed by atoms with van der Waals surface area (Å²) in [6.07, 6.45) is -4.14. The van der Waals surface area contributed by atoms with Crippen LogP contribution in [-0.2, 0) is 17.5 Å². The van der Waals surface area contributed by atoms with E-state index in [1.807, 2.05) is 31.2 Å². The average Bonchev–Trinajstić information content (AvgIpc) is 2.99. The van der Waals surface area contributed by atoms with Gasteiger partial charge in [0.2, 0.25) is 0 Å². The molecule has 2 saturated heterocycles. The Morgan fingerprint density at radius 3 is 2.34 bits per heavy atom. The molecular formula is C23H22F3N3O3. The molecule has 2 aliphatic heterocycles. The van der Waals surface area contributed by atoms with Crippen molar-refractivity contribution in [1.82, 2.24) is 15.1 Å². The number of rotatable bonds is 3. The Morgan fingerprint density at radius 1 is 1.06 bits per heavy atom. The van der Waals surface area contributed by atoms with E-state index in [0.717, 1.165) is 23.3 Å². The van der Waals surface area contributed by atoms with Gasteiger partial charge in [-0.2, -0.15) is 13.2 Å². The van der Waals surface area contributed by atoms with Gasteiger partial charge < -0.3 is 10.2 Å². The Hall–Kier alpha value is -3.36. The van der Waals surface area contributed by atoms with Crippen molar-refractivity contribution >= 4 is 17.8 Å². The topological polar surface area (TPSA) is 69.7 Å². The first-order valence-electron chi connectivity index (χ1n) is 10.3. The quantitative estimate of drug-likeness (QED) is 0.732. The fourth-order valence-corrected chi connectivity index (χ4v) is 4.14. The van der Waals surface area contributed by atoms with E-state index in [0.29, 0.717) is 0 Å². The maximum Gasteiger partial charge on any atom is 0.416 e. The Morgan fingerprint density at radius 2 is 1.72 bits per heavy atom. The number of likely N-dealkylation sites (tertiary alicyclic amines) is 1. The molecule has 1 N–H and O–H groups in total. The molecule has 4 rings (SSSR count). The number of piperidine rings is 1. The fraction of sp³-hybridized carbons (Fsp3) is 0.348. The van der Waals surface area contributed by atoms with Crippen LogP contribution >= 0.6 is 0 Å². The van der Waals surface area contributed by atoms with E-state index in [2.05, 4.69) is 5.32 Å². The molecule has 0 saturated carbocycles. The summed E-state index contributed by atoms with van der Waals surface area (Å²) in [4.78, 5) is 40.9. The highest BCUT2D eigenvalue weighted by Gasteiger charge is 2.52. The van der Waals surface area contributed by atoms with Gasteiger partial charge in [0.1, 0.15) is 5.54 Å². The molecule has 32 heavy (non-hydrogen) atoms. The Balaban J connectivity index is 1.43. The lowest BCUT2D eigenvalue weighted by molar-refractivity contribution is -0.137. The molecule has 2 heterocycles. The van der Waals surface area contributed by atoms with Crippen molar-refractivity contribution in [2.45, 2.75) is 38.0 Å². The average molecular weight is 445 g/mol. The Kier molecular flexibility index (Phi) is 5.44. The lowest BCUT2D eigenvalue weighted by Gasteiger charge is -2.37. The molecule has 1 spiro atoms. The van der Waals surface area contributed by atoms with Gasteiger partial charge >= 0.3 is 12.2 Å². The van der Waals surface area contributed by atoms with Crippen LogP contribution in [0.5, 0.6) is 0 Å². The number of carbonyl (C=O) groups is 3. The summed E-state index contributed by atoms with van der Waals surface area (Å²) in [5.41, 5.74) is -0.138. The van der Waals surface area contributed by atoms with Gasteiger partial charge in [-0.1, -0.05) is 35.9 Å². The Labute approximate surface area is 183 Å². The number of aryl methyl sites for hydroxylation is 1. The zero-order valence-electron chi connectivity index (χ0n) is 17.4. The van der Waals surface area contributed by atoms with E-state index in [1.54, 1.807) is 0 Å². The van der Waals surface area contributed by atoms with Gasteiger partial charge in [-0.25, -0.2) is 4.79 Å². The van der Waals surface area contributed by atoms with Gasteiger partial charge in [0.05, 0.1) is 12.1 Å².